The number of halogens is 2. The highest BCUT2D eigenvalue weighted by Crippen LogP contribution is 2.49. The molecule has 0 radical (unpaired) electrons. The van der Waals surface area contributed by atoms with Crippen LogP contribution in [0, 0.1) is 12.8 Å². The summed E-state index contributed by atoms with van der Waals surface area (Å²) in [5.41, 5.74) is 5.96. The first-order chi connectivity index (χ1) is 29.3. The molecule has 5 amide bonds. The summed E-state index contributed by atoms with van der Waals surface area (Å²) in [6, 6.07) is 19.1. The highest BCUT2D eigenvalue weighted by molar-refractivity contribution is 7.17. The monoisotopic (exact) mass is 885 g/mol. The average molecular weight is 887 g/mol. The molecule has 2 aliphatic rings. The summed E-state index contributed by atoms with van der Waals surface area (Å²) >= 11 is 14.7. The number of carboxylic acid groups (broad SMARTS) is 1. The van der Waals surface area contributed by atoms with Gasteiger partial charge in [0.05, 0.1) is 16.1 Å². The maximum Gasteiger partial charge on any atom is 0.405 e. The van der Waals surface area contributed by atoms with Crippen LogP contribution in [0.15, 0.2) is 72.1 Å². The lowest BCUT2D eigenvalue weighted by Gasteiger charge is -2.23. The molecule has 15 heteroatoms. The lowest BCUT2D eigenvalue weighted by molar-refractivity contribution is -0.128. The molecule has 3 unspecified atom stereocenters. The number of fused-ring (bicyclic) bond motifs is 6. The molecule has 0 saturated carbocycles. The lowest BCUT2D eigenvalue weighted by atomic mass is 9.95. The molecule has 320 valence electrons. The minimum absolute atomic E-state index is 0.0514. The molecule has 12 nitrogen and oxygen atoms in total. The molecule has 5 aromatic rings. The number of rotatable bonds is 15. The van der Waals surface area contributed by atoms with Gasteiger partial charge in [0.15, 0.2) is 0 Å². The first-order valence-electron chi connectivity index (χ1n) is 20.4. The fraction of sp³-hybridized carbons (Fsp3) is 0.370. The highest BCUT2D eigenvalue weighted by Gasteiger charge is 2.37. The number of carbonyl (C=O) groups is 5. The fourth-order valence-corrected chi connectivity index (χ4v) is 10.00. The third-order valence-electron chi connectivity index (χ3n) is 11.5. The number of hydrogen-bond acceptors (Lipinski definition) is 7. The van der Waals surface area contributed by atoms with Gasteiger partial charge in [0.25, 0.3) is 0 Å². The average Bonchev–Trinajstić information content (AvgIpc) is 3.94. The van der Waals surface area contributed by atoms with Crippen LogP contribution >= 0.6 is 34.5 Å². The van der Waals surface area contributed by atoms with Crippen molar-refractivity contribution in [2.24, 2.45) is 5.92 Å². The molecule has 3 heterocycles. The smallest absolute Gasteiger partial charge is 0.405 e. The van der Waals surface area contributed by atoms with Crippen LogP contribution in [0.25, 0.3) is 20.9 Å². The molecule has 0 bridgehead atoms. The minimum atomic E-state index is -1.34. The van der Waals surface area contributed by atoms with Gasteiger partial charge in [-0.15, -0.1) is 34.5 Å². The van der Waals surface area contributed by atoms with Gasteiger partial charge in [-0.1, -0.05) is 68.4 Å². The van der Waals surface area contributed by atoms with Gasteiger partial charge in [0, 0.05) is 72.1 Å². The summed E-state index contributed by atoms with van der Waals surface area (Å²) in [7, 11) is 0. The van der Waals surface area contributed by atoms with Crippen molar-refractivity contribution >= 4 is 102 Å². The Morgan fingerprint density at radius 2 is 1.43 bits per heavy atom. The summed E-state index contributed by atoms with van der Waals surface area (Å²) in [5.74, 6) is -0.665. The molecule has 4 N–H and O–H groups in total. The topological polar surface area (TPSA) is 157 Å². The number of hydrogen-bond donors (Lipinski definition) is 4. The summed E-state index contributed by atoms with van der Waals surface area (Å²) < 4.78 is 7.42. The molecular weight excluding hydrogens is 838 g/mol. The van der Waals surface area contributed by atoms with E-state index in [2.05, 4.69) is 28.3 Å². The molecule has 0 spiro atoms. The van der Waals surface area contributed by atoms with Gasteiger partial charge in [-0.2, -0.15) is 0 Å². The van der Waals surface area contributed by atoms with Crippen LogP contribution in [0.5, 0.6) is 5.75 Å². The minimum Gasteiger partial charge on any atom is -0.487 e. The second kappa shape index (κ2) is 18.7. The first kappa shape index (κ1) is 43.7. The van der Waals surface area contributed by atoms with E-state index in [9.17, 15) is 29.1 Å². The Bertz CT molecular complexity index is 2500. The highest BCUT2D eigenvalue weighted by atomic mass is 35.5. The van der Waals surface area contributed by atoms with Gasteiger partial charge >= 0.3 is 6.09 Å². The predicted octanol–water partition coefficient (Wildman–Crippen LogP) is 8.89. The predicted molar refractivity (Wildman–Crippen MR) is 243 cm³/mol. The molecule has 7 rings (SSSR count). The quantitative estimate of drug-likeness (QED) is 0.0765. The largest absolute Gasteiger partial charge is 0.487 e. The van der Waals surface area contributed by atoms with Gasteiger partial charge < -0.3 is 35.6 Å². The van der Waals surface area contributed by atoms with Crippen molar-refractivity contribution in [3.8, 4) is 5.75 Å². The fourth-order valence-electron chi connectivity index (χ4n) is 8.46. The number of thiophene rings is 1. The van der Waals surface area contributed by atoms with Crippen molar-refractivity contribution < 1.29 is 33.8 Å². The van der Waals surface area contributed by atoms with Crippen LogP contribution in [-0.4, -0.2) is 71.8 Å². The zero-order valence-electron chi connectivity index (χ0n) is 34.4. The van der Waals surface area contributed by atoms with Gasteiger partial charge in [-0.05, 0) is 65.3 Å². The van der Waals surface area contributed by atoms with E-state index < -0.39 is 30.0 Å². The Morgan fingerprint density at radius 3 is 2.05 bits per heavy atom. The number of nitrogens with zero attached hydrogens (tertiary/aromatic N) is 2. The van der Waals surface area contributed by atoms with E-state index in [1.54, 1.807) is 41.1 Å². The second-order valence-corrected chi connectivity index (χ2v) is 17.6. The zero-order chi connectivity index (χ0) is 43.5. The number of nitrogens with one attached hydrogen (secondary N) is 3. The number of anilines is 3. The number of aryl methyl sites for hydroxylation is 1. The number of carbonyl (C=O) groups excluding carboxylic acids is 4. The SMILES string of the molecule is Cc1csc2c(OCc3ccccc3)cc3c(c12)C(CCl)CN3C(=O)CCCC(=O)N1C[C@@H](CCl)c2c1cc(NC(=O)C(C)NC(=O)C(NC(=O)O)C(C)C)c1ccccc21. The van der Waals surface area contributed by atoms with E-state index >= 15 is 0 Å². The molecule has 0 aliphatic carbocycles. The Morgan fingerprint density at radius 1 is 0.820 bits per heavy atom. The van der Waals surface area contributed by atoms with Gasteiger partial charge in [-0.3, -0.25) is 19.2 Å². The number of alkyl halides is 2. The Labute approximate surface area is 368 Å². The van der Waals surface area contributed by atoms with E-state index in [1.807, 2.05) is 60.7 Å². The molecule has 2 aliphatic heterocycles. The molecule has 4 aromatic carbocycles. The van der Waals surface area contributed by atoms with Crippen molar-refractivity contribution in [2.45, 2.75) is 77.5 Å². The van der Waals surface area contributed by atoms with E-state index in [-0.39, 0.29) is 48.3 Å². The Kier molecular flexibility index (Phi) is 13.4. The van der Waals surface area contributed by atoms with Crippen LogP contribution in [0.1, 0.15) is 74.1 Å². The molecule has 61 heavy (non-hydrogen) atoms. The Hall–Kier alpha value is -5.37. The van der Waals surface area contributed by atoms with Crippen LogP contribution in [0.3, 0.4) is 0 Å². The van der Waals surface area contributed by atoms with Crippen molar-refractivity contribution in [1.29, 1.82) is 0 Å². The molecule has 0 fully saturated rings. The molecule has 0 saturated heterocycles. The zero-order valence-corrected chi connectivity index (χ0v) is 36.8. The van der Waals surface area contributed by atoms with Crippen LogP contribution in [0.4, 0.5) is 21.9 Å². The molecular formula is C46H49Cl2N5O7S. The summed E-state index contributed by atoms with van der Waals surface area (Å²) in [6.07, 6.45) is -0.787. The van der Waals surface area contributed by atoms with Crippen molar-refractivity contribution in [1.82, 2.24) is 10.6 Å². The lowest BCUT2D eigenvalue weighted by Crippen LogP contribution is -2.53. The summed E-state index contributed by atoms with van der Waals surface area (Å²) in [4.78, 5) is 69.4. The van der Waals surface area contributed by atoms with E-state index in [0.717, 1.165) is 54.5 Å². The number of ether oxygens (including phenoxy) is 1. The van der Waals surface area contributed by atoms with Crippen molar-refractivity contribution in [3.05, 3.63) is 94.4 Å². The maximum absolute atomic E-state index is 14.1. The maximum atomic E-state index is 14.1. The van der Waals surface area contributed by atoms with Crippen molar-refractivity contribution in [3.63, 3.8) is 0 Å². The van der Waals surface area contributed by atoms with Crippen molar-refractivity contribution in [2.75, 3.05) is 40.0 Å². The van der Waals surface area contributed by atoms with E-state index in [4.69, 9.17) is 27.9 Å². The Balaban J connectivity index is 1.07. The summed E-state index contributed by atoms with van der Waals surface area (Å²) in [5, 5.41) is 21.7. The number of amides is 5. The van der Waals surface area contributed by atoms with E-state index in [0.29, 0.717) is 43.4 Å². The van der Waals surface area contributed by atoms with Crippen LogP contribution in [0.2, 0.25) is 0 Å². The van der Waals surface area contributed by atoms with Crippen LogP contribution in [-0.2, 0) is 25.8 Å². The third kappa shape index (κ3) is 9.01. The van der Waals surface area contributed by atoms with Gasteiger partial charge in [0.2, 0.25) is 23.6 Å². The van der Waals surface area contributed by atoms with Gasteiger partial charge in [-0.25, -0.2) is 4.79 Å². The van der Waals surface area contributed by atoms with E-state index in [1.165, 1.54) is 6.92 Å². The normalized spacial score (nSPS) is 16.6. The van der Waals surface area contributed by atoms with Gasteiger partial charge in [0.1, 0.15) is 24.4 Å². The molecule has 4 atom stereocenters. The number of benzene rings is 4. The first-order valence-corrected chi connectivity index (χ1v) is 22.4. The second-order valence-electron chi connectivity index (χ2n) is 16.1. The standard InChI is InChI=1S/C46H49Cl2N5O7S/c1-25(2)42(51-46(58)59)45(57)49-27(4)44(56)50-33-17-34-40(32-14-9-8-13-31(32)33)29(19-47)21-52(34)37(54)15-10-16-38(55)53-22-30(20-48)41-35(53)18-36(43-39(41)26(3)24-61-43)60-23-28-11-6-5-7-12-28/h5-9,11-14,17-18,24-25,27,29-30,42,51H,10,15-16,19-23H2,1-4H3,(H,49,57)(H,50,56)(H,58,59)/t27?,29-,30?,42?/m1/s1. The molecule has 1 aromatic heterocycles. The van der Waals surface area contributed by atoms with Crippen LogP contribution < -0.4 is 30.5 Å². The summed E-state index contributed by atoms with van der Waals surface area (Å²) in [6.45, 7) is 8.15. The third-order valence-corrected chi connectivity index (χ3v) is 13.4.